The molecule has 4 aromatic rings. The van der Waals surface area contributed by atoms with Crippen molar-refractivity contribution >= 4 is 28.3 Å². The van der Waals surface area contributed by atoms with Gasteiger partial charge in [0.2, 0.25) is 0 Å². The van der Waals surface area contributed by atoms with E-state index in [0.29, 0.717) is 28.5 Å². The number of carbonyl (C=O) groups excluding carboxylic acids is 1. The van der Waals surface area contributed by atoms with E-state index in [4.69, 9.17) is 0 Å². The number of carbonyl (C=O) groups is 1. The van der Waals surface area contributed by atoms with Gasteiger partial charge in [-0.15, -0.1) is 0 Å². The van der Waals surface area contributed by atoms with Crippen LogP contribution in [-0.4, -0.2) is 25.6 Å². The zero-order valence-corrected chi connectivity index (χ0v) is 16.7. The van der Waals surface area contributed by atoms with Gasteiger partial charge in [0.05, 0.1) is 33.1 Å². The molecule has 2 aromatic heterocycles. The molecule has 8 heteroatoms. The third-order valence-corrected chi connectivity index (χ3v) is 4.78. The molecule has 1 amide bonds. The van der Waals surface area contributed by atoms with Crippen LogP contribution in [0.5, 0.6) is 0 Å². The third-order valence-electron chi connectivity index (χ3n) is 4.78. The van der Waals surface area contributed by atoms with Gasteiger partial charge in [-0.05, 0) is 51.1 Å². The van der Waals surface area contributed by atoms with Crippen LogP contribution in [0.3, 0.4) is 0 Å². The topological polar surface area (TPSA) is 103 Å². The molecule has 0 spiro atoms. The quantitative estimate of drug-likeness (QED) is 0.400. The Hall–Kier alpha value is -4.07. The molecule has 2 aromatic carbocycles. The minimum absolute atomic E-state index is 0.0126. The van der Waals surface area contributed by atoms with Crippen LogP contribution in [0.25, 0.3) is 16.6 Å². The van der Waals surface area contributed by atoms with Crippen LogP contribution in [0.4, 0.5) is 11.5 Å². The van der Waals surface area contributed by atoms with Crippen LogP contribution >= 0.6 is 0 Å². The molecule has 0 atom stereocenters. The van der Waals surface area contributed by atoms with Crippen LogP contribution < -0.4 is 5.32 Å². The Morgan fingerprint density at radius 2 is 1.77 bits per heavy atom. The third kappa shape index (κ3) is 3.62. The number of hydrogen-bond donors (Lipinski definition) is 1. The number of pyridine rings is 1. The second kappa shape index (κ2) is 7.40. The molecular formula is C22H19N5O3. The summed E-state index contributed by atoms with van der Waals surface area (Å²) in [6.07, 6.45) is 0. The number of nitrogens with zero attached hydrogens (tertiary/aromatic N) is 4. The van der Waals surface area contributed by atoms with Gasteiger partial charge in [-0.25, -0.2) is 4.68 Å². The second-order valence-electron chi connectivity index (χ2n) is 7.13. The molecule has 0 unspecified atom stereocenters. The number of hydrogen-bond acceptors (Lipinski definition) is 5. The van der Waals surface area contributed by atoms with Crippen LogP contribution in [0.1, 0.15) is 27.3 Å². The van der Waals surface area contributed by atoms with Crippen molar-refractivity contribution in [3.05, 3.63) is 87.2 Å². The normalized spacial score (nSPS) is 10.9. The molecule has 2 heterocycles. The lowest BCUT2D eigenvalue weighted by molar-refractivity contribution is -0.384. The molecule has 0 aliphatic heterocycles. The number of non-ortho nitro benzene ring substituents is 1. The molecule has 0 aliphatic rings. The Bertz CT molecular complexity index is 1290. The van der Waals surface area contributed by atoms with Gasteiger partial charge in [-0.3, -0.25) is 19.9 Å². The van der Waals surface area contributed by atoms with E-state index in [1.54, 1.807) is 29.8 Å². The van der Waals surface area contributed by atoms with Crippen molar-refractivity contribution in [2.45, 2.75) is 20.8 Å². The Labute approximate surface area is 172 Å². The highest BCUT2D eigenvalue weighted by atomic mass is 16.6. The minimum atomic E-state index is -0.460. The maximum atomic E-state index is 13.0. The summed E-state index contributed by atoms with van der Waals surface area (Å²) in [4.78, 5) is 28.0. The molecular weight excluding hydrogens is 382 g/mol. The van der Waals surface area contributed by atoms with E-state index in [1.807, 2.05) is 38.1 Å². The molecule has 30 heavy (non-hydrogen) atoms. The first kappa shape index (κ1) is 19.3. The van der Waals surface area contributed by atoms with Crippen LogP contribution in [0, 0.1) is 30.9 Å². The Balaban J connectivity index is 1.68. The fourth-order valence-electron chi connectivity index (χ4n) is 3.31. The highest BCUT2D eigenvalue weighted by molar-refractivity contribution is 6.06. The maximum Gasteiger partial charge on any atom is 0.269 e. The molecule has 0 saturated carbocycles. The second-order valence-corrected chi connectivity index (χ2v) is 7.13. The molecule has 0 aliphatic carbocycles. The predicted molar refractivity (Wildman–Crippen MR) is 114 cm³/mol. The Morgan fingerprint density at radius 1 is 1.03 bits per heavy atom. The van der Waals surface area contributed by atoms with E-state index in [0.717, 1.165) is 16.5 Å². The lowest BCUT2D eigenvalue weighted by Gasteiger charge is -2.11. The van der Waals surface area contributed by atoms with Gasteiger partial charge in [-0.2, -0.15) is 5.10 Å². The van der Waals surface area contributed by atoms with E-state index >= 15 is 0 Å². The van der Waals surface area contributed by atoms with E-state index in [-0.39, 0.29) is 11.6 Å². The summed E-state index contributed by atoms with van der Waals surface area (Å²) >= 11 is 0. The average molecular weight is 401 g/mol. The van der Waals surface area contributed by atoms with Crippen LogP contribution in [0.15, 0.2) is 54.6 Å². The van der Waals surface area contributed by atoms with Crippen molar-refractivity contribution in [3.8, 4) is 5.69 Å². The fourth-order valence-corrected chi connectivity index (χ4v) is 3.31. The number of anilines is 1. The van der Waals surface area contributed by atoms with Crippen molar-refractivity contribution in [3.63, 3.8) is 0 Å². The number of amides is 1. The SMILES string of the molecule is Cc1ccc2nc(C)c(C(=O)Nc3cc(C)nn3-c3ccc([N+](=O)[O-])cc3)cc2c1. The number of aryl methyl sites for hydroxylation is 3. The first-order valence-electron chi connectivity index (χ1n) is 9.33. The zero-order chi connectivity index (χ0) is 21.4. The molecule has 0 radical (unpaired) electrons. The lowest BCUT2D eigenvalue weighted by atomic mass is 10.1. The van der Waals surface area contributed by atoms with Crippen molar-refractivity contribution in [2.75, 3.05) is 5.32 Å². The van der Waals surface area contributed by atoms with Gasteiger partial charge in [0.15, 0.2) is 0 Å². The highest BCUT2D eigenvalue weighted by Gasteiger charge is 2.16. The first-order chi connectivity index (χ1) is 14.3. The van der Waals surface area contributed by atoms with Gasteiger partial charge in [0, 0.05) is 23.6 Å². The van der Waals surface area contributed by atoms with Crippen molar-refractivity contribution < 1.29 is 9.72 Å². The van der Waals surface area contributed by atoms with Gasteiger partial charge >= 0.3 is 0 Å². The number of nitro groups is 1. The zero-order valence-electron chi connectivity index (χ0n) is 16.7. The Kier molecular flexibility index (Phi) is 4.75. The van der Waals surface area contributed by atoms with Gasteiger partial charge in [0.25, 0.3) is 11.6 Å². The molecule has 8 nitrogen and oxygen atoms in total. The Morgan fingerprint density at radius 3 is 2.47 bits per heavy atom. The summed E-state index contributed by atoms with van der Waals surface area (Å²) in [6.45, 7) is 5.60. The van der Waals surface area contributed by atoms with E-state index < -0.39 is 4.92 Å². The number of rotatable bonds is 4. The summed E-state index contributed by atoms with van der Waals surface area (Å²) < 4.78 is 1.55. The standard InChI is InChI=1S/C22H19N5O3/c1-13-4-9-20-16(10-13)12-19(15(3)23-20)22(28)24-21-11-14(2)25-26(21)17-5-7-18(8-6-17)27(29)30/h4-12H,1-3H3,(H,24,28). The van der Waals surface area contributed by atoms with E-state index in [9.17, 15) is 14.9 Å². The van der Waals surface area contributed by atoms with Crippen molar-refractivity contribution in [1.82, 2.24) is 14.8 Å². The van der Waals surface area contributed by atoms with Gasteiger partial charge in [-0.1, -0.05) is 11.6 Å². The summed E-state index contributed by atoms with van der Waals surface area (Å²) in [5.74, 6) is 0.168. The summed E-state index contributed by atoms with van der Waals surface area (Å²) in [7, 11) is 0. The lowest BCUT2D eigenvalue weighted by Crippen LogP contribution is -2.17. The monoisotopic (exact) mass is 401 g/mol. The summed E-state index contributed by atoms with van der Waals surface area (Å²) in [5, 5.41) is 19.1. The molecule has 150 valence electrons. The summed E-state index contributed by atoms with van der Waals surface area (Å²) in [5.41, 5.74) is 4.32. The maximum absolute atomic E-state index is 13.0. The van der Waals surface area contributed by atoms with Crippen LogP contribution in [-0.2, 0) is 0 Å². The molecule has 0 saturated heterocycles. The fraction of sp³-hybridized carbons (Fsp3) is 0.136. The highest BCUT2D eigenvalue weighted by Crippen LogP contribution is 2.22. The van der Waals surface area contributed by atoms with Gasteiger partial charge in [0.1, 0.15) is 5.82 Å². The summed E-state index contributed by atoms with van der Waals surface area (Å²) in [6, 6.07) is 15.5. The number of fused-ring (bicyclic) bond motifs is 1. The minimum Gasteiger partial charge on any atom is -0.306 e. The predicted octanol–water partition coefficient (Wildman–Crippen LogP) is 4.51. The molecule has 1 N–H and O–H groups in total. The molecule has 4 rings (SSSR count). The van der Waals surface area contributed by atoms with Crippen molar-refractivity contribution in [2.24, 2.45) is 0 Å². The van der Waals surface area contributed by atoms with E-state index in [2.05, 4.69) is 15.4 Å². The van der Waals surface area contributed by atoms with Gasteiger partial charge < -0.3 is 5.32 Å². The smallest absolute Gasteiger partial charge is 0.269 e. The molecule has 0 fully saturated rings. The average Bonchev–Trinajstić information content (AvgIpc) is 3.07. The first-order valence-corrected chi connectivity index (χ1v) is 9.33. The number of benzene rings is 2. The number of nitro benzene ring substituents is 1. The van der Waals surface area contributed by atoms with Crippen LogP contribution in [0.2, 0.25) is 0 Å². The van der Waals surface area contributed by atoms with Crippen molar-refractivity contribution in [1.29, 1.82) is 0 Å². The van der Waals surface area contributed by atoms with E-state index in [1.165, 1.54) is 12.1 Å². The number of nitrogens with one attached hydrogen (secondary N) is 1. The molecule has 0 bridgehead atoms. The largest absolute Gasteiger partial charge is 0.306 e. The number of aromatic nitrogens is 3.